The molecule has 0 bridgehead atoms. The monoisotopic (exact) mass is 271 g/mol. The van der Waals surface area contributed by atoms with Crippen LogP contribution >= 0.6 is 15.9 Å². The van der Waals surface area contributed by atoms with Gasteiger partial charge in [0.15, 0.2) is 0 Å². The third kappa shape index (κ3) is 2.73. The first kappa shape index (κ1) is 12.5. The molecule has 1 aromatic carbocycles. The molecule has 0 saturated heterocycles. The molecule has 0 amide bonds. The van der Waals surface area contributed by atoms with Gasteiger partial charge in [-0.3, -0.25) is 0 Å². The van der Waals surface area contributed by atoms with Crippen molar-refractivity contribution in [2.75, 3.05) is 13.7 Å². The fourth-order valence-electron chi connectivity index (χ4n) is 1.77. The van der Waals surface area contributed by atoms with Crippen LogP contribution in [0.25, 0.3) is 0 Å². The Kier molecular flexibility index (Phi) is 4.61. The van der Waals surface area contributed by atoms with E-state index in [1.807, 2.05) is 0 Å². The summed E-state index contributed by atoms with van der Waals surface area (Å²) in [5.74, 6) is 0.904. The van der Waals surface area contributed by atoms with Crippen LogP contribution < -0.4 is 10.5 Å². The number of methoxy groups -OCH3 is 1. The van der Waals surface area contributed by atoms with E-state index in [9.17, 15) is 0 Å². The number of aryl methyl sites for hydroxylation is 1. The highest BCUT2D eigenvalue weighted by Gasteiger charge is 2.10. The highest BCUT2D eigenvalue weighted by molar-refractivity contribution is 9.10. The summed E-state index contributed by atoms with van der Waals surface area (Å²) in [5.41, 5.74) is 9.46. The van der Waals surface area contributed by atoms with E-state index in [-0.39, 0.29) is 0 Å². The number of halogens is 1. The van der Waals surface area contributed by atoms with E-state index < -0.39 is 0 Å². The van der Waals surface area contributed by atoms with Crippen molar-refractivity contribution in [3.8, 4) is 5.75 Å². The molecule has 1 aromatic rings. The number of rotatable bonds is 4. The smallest absolute Gasteiger partial charge is 0.133 e. The summed E-state index contributed by atoms with van der Waals surface area (Å²) in [7, 11) is 1.69. The molecule has 0 atom stereocenters. The molecule has 0 aliphatic heterocycles. The van der Waals surface area contributed by atoms with Gasteiger partial charge in [-0.15, -0.1) is 0 Å². The number of hydrogen-bond donors (Lipinski definition) is 1. The molecule has 0 saturated carbocycles. The van der Waals surface area contributed by atoms with Crippen molar-refractivity contribution < 1.29 is 4.74 Å². The second-order valence-corrected chi connectivity index (χ2v) is 4.50. The molecule has 0 radical (unpaired) electrons. The van der Waals surface area contributed by atoms with Crippen LogP contribution in [0.5, 0.6) is 5.75 Å². The van der Waals surface area contributed by atoms with Gasteiger partial charge in [0.05, 0.1) is 11.6 Å². The van der Waals surface area contributed by atoms with Gasteiger partial charge in [-0.25, -0.2) is 0 Å². The average molecular weight is 272 g/mol. The topological polar surface area (TPSA) is 35.2 Å². The van der Waals surface area contributed by atoms with Crippen molar-refractivity contribution >= 4 is 15.9 Å². The Hall–Kier alpha value is -0.540. The van der Waals surface area contributed by atoms with E-state index in [1.54, 1.807) is 7.11 Å². The summed E-state index contributed by atoms with van der Waals surface area (Å²) in [6.45, 7) is 4.97. The molecular weight excluding hydrogens is 254 g/mol. The third-order valence-electron chi connectivity index (χ3n) is 2.67. The van der Waals surface area contributed by atoms with Gasteiger partial charge in [0.1, 0.15) is 5.75 Å². The molecule has 0 unspecified atom stereocenters. The predicted octanol–water partition coefficient (Wildman–Crippen LogP) is 2.97. The molecule has 84 valence electrons. The van der Waals surface area contributed by atoms with E-state index >= 15 is 0 Å². The molecular formula is C12H18BrNO. The third-order valence-corrected chi connectivity index (χ3v) is 3.66. The number of ether oxygens (including phenoxy) is 1. The van der Waals surface area contributed by atoms with Gasteiger partial charge in [-0.2, -0.15) is 0 Å². The zero-order chi connectivity index (χ0) is 11.4. The molecule has 0 fully saturated rings. The normalized spacial score (nSPS) is 10.5. The lowest BCUT2D eigenvalue weighted by Gasteiger charge is -2.14. The minimum Gasteiger partial charge on any atom is -0.496 e. The number of nitrogens with two attached hydrogens (primary N) is 1. The van der Waals surface area contributed by atoms with Gasteiger partial charge >= 0.3 is 0 Å². The van der Waals surface area contributed by atoms with Crippen LogP contribution in [-0.4, -0.2) is 13.7 Å². The first-order valence-corrected chi connectivity index (χ1v) is 5.93. The van der Waals surface area contributed by atoms with Crippen LogP contribution in [0, 0.1) is 13.8 Å². The maximum Gasteiger partial charge on any atom is 0.133 e. The van der Waals surface area contributed by atoms with Crippen LogP contribution in [-0.2, 0) is 6.42 Å². The molecule has 2 N–H and O–H groups in total. The second kappa shape index (κ2) is 5.52. The zero-order valence-electron chi connectivity index (χ0n) is 9.56. The lowest BCUT2D eigenvalue weighted by Crippen LogP contribution is -2.03. The Morgan fingerprint density at radius 3 is 2.60 bits per heavy atom. The van der Waals surface area contributed by atoms with Crippen molar-refractivity contribution in [3.05, 3.63) is 27.2 Å². The van der Waals surface area contributed by atoms with Crippen molar-refractivity contribution in [3.63, 3.8) is 0 Å². The van der Waals surface area contributed by atoms with E-state index in [4.69, 9.17) is 10.5 Å². The minimum atomic E-state index is 0.739. The van der Waals surface area contributed by atoms with Crippen molar-refractivity contribution in [1.29, 1.82) is 0 Å². The van der Waals surface area contributed by atoms with Gasteiger partial charge < -0.3 is 10.5 Å². The van der Waals surface area contributed by atoms with E-state index in [1.165, 1.54) is 16.7 Å². The van der Waals surface area contributed by atoms with E-state index in [0.29, 0.717) is 0 Å². The van der Waals surface area contributed by atoms with Gasteiger partial charge in [-0.1, -0.05) is 0 Å². The molecule has 0 aliphatic rings. The maximum absolute atomic E-state index is 5.53. The Labute approximate surface area is 99.9 Å². The SMILES string of the molecule is COc1cc(C)c(CCCN)c(C)c1Br. The lowest BCUT2D eigenvalue weighted by molar-refractivity contribution is 0.411. The zero-order valence-corrected chi connectivity index (χ0v) is 11.1. The molecule has 0 heterocycles. The van der Waals surface area contributed by atoms with Gasteiger partial charge in [0, 0.05) is 0 Å². The Morgan fingerprint density at radius 2 is 2.07 bits per heavy atom. The van der Waals surface area contributed by atoms with Crippen LogP contribution in [0.2, 0.25) is 0 Å². The van der Waals surface area contributed by atoms with Gasteiger partial charge in [0.25, 0.3) is 0 Å². The van der Waals surface area contributed by atoms with Crippen LogP contribution in [0.15, 0.2) is 10.5 Å². The lowest BCUT2D eigenvalue weighted by atomic mass is 9.98. The molecule has 0 aromatic heterocycles. The highest BCUT2D eigenvalue weighted by atomic mass is 79.9. The Morgan fingerprint density at radius 1 is 1.40 bits per heavy atom. The first-order chi connectivity index (χ1) is 7.11. The number of hydrogen-bond acceptors (Lipinski definition) is 2. The van der Waals surface area contributed by atoms with Crippen LogP contribution in [0.3, 0.4) is 0 Å². The molecule has 3 heteroatoms. The van der Waals surface area contributed by atoms with Gasteiger partial charge in [0.2, 0.25) is 0 Å². The summed E-state index contributed by atoms with van der Waals surface area (Å²) in [4.78, 5) is 0. The fourth-order valence-corrected chi connectivity index (χ4v) is 2.29. The Bertz CT molecular complexity index is 350. The van der Waals surface area contributed by atoms with Crippen LogP contribution in [0.1, 0.15) is 23.1 Å². The van der Waals surface area contributed by atoms with Gasteiger partial charge in [-0.05, 0) is 71.9 Å². The fraction of sp³-hybridized carbons (Fsp3) is 0.500. The number of benzene rings is 1. The van der Waals surface area contributed by atoms with E-state index in [2.05, 4.69) is 35.8 Å². The second-order valence-electron chi connectivity index (χ2n) is 3.71. The van der Waals surface area contributed by atoms with Crippen LogP contribution in [0.4, 0.5) is 0 Å². The molecule has 2 nitrogen and oxygen atoms in total. The molecule has 0 spiro atoms. The minimum absolute atomic E-state index is 0.739. The largest absolute Gasteiger partial charge is 0.496 e. The maximum atomic E-state index is 5.53. The molecule has 0 aliphatic carbocycles. The quantitative estimate of drug-likeness (QED) is 0.914. The summed E-state index contributed by atoms with van der Waals surface area (Å²) in [6.07, 6.45) is 2.07. The average Bonchev–Trinajstić information content (AvgIpc) is 2.23. The molecule has 15 heavy (non-hydrogen) atoms. The Balaban J connectivity index is 3.11. The van der Waals surface area contributed by atoms with E-state index in [0.717, 1.165) is 29.6 Å². The van der Waals surface area contributed by atoms with Crippen molar-refractivity contribution in [2.45, 2.75) is 26.7 Å². The molecule has 1 rings (SSSR count). The van der Waals surface area contributed by atoms with Crippen molar-refractivity contribution in [2.24, 2.45) is 5.73 Å². The standard InChI is InChI=1S/C12H18BrNO/c1-8-7-11(15-3)12(13)9(2)10(8)5-4-6-14/h7H,4-6,14H2,1-3H3. The first-order valence-electron chi connectivity index (χ1n) is 5.14. The summed E-state index contributed by atoms with van der Waals surface area (Å²) in [5, 5.41) is 0. The predicted molar refractivity (Wildman–Crippen MR) is 67.5 cm³/mol. The summed E-state index contributed by atoms with van der Waals surface area (Å²) >= 11 is 3.56. The van der Waals surface area contributed by atoms with Crippen molar-refractivity contribution in [1.82, 2.24) is 0 Å². The summed E-state index contributed by atoms with van der Waals surface area (Å²) in [6, 6.07) is 2.07. The summed E-state index contributed by atoms with van der Waals surface area (Å²) < 4.78 is 6.35. The highest BCUT2D eigenvalue weighted by Crippen LogP contribution is 2.33.